The molecule has 0 unspecified atom stereocenters. The Labute approximate surface area is 175 Å². The molecule has 3 aromatic rings. The zero-order valence-corrected chi connectivity index (χ0v) is 17.8. The molecule has 10 heteroatoms. The van der Waals surface area contributed by atoms with Crippen molar-refractivity contribution in [2.75, 3.05) is 17.7 Å². The van der Waals surface area contributed by atoms with Crippen LogP contribution in [0.1, 0.15) is 39.5 Å². The largest absolute Gasteiger partial charge is 0.462 e. The fourth-order valence-corrected chi connectivity index (χ4v) is 3.94. The Balaban J connectivity index is 1.51. The van der Waals surface area contributed by atoms with Crippen LogP contribution in [0.4, 0.5) is 5.00 Å². The van der Waals surface area contributed by atoms with Gasteiger partial charge in [-0.2, -0.15) is 0 Å². The third-order valence-electron chi connectivity index (χ3n) is 3.62. The minimum absolute atomic E-state index is 0.143. The summed E-state index contributed by atoms with van der Waals surface area (Å²) in [5.41, 5.74) is 0.772. The molecular formula is C19H20N4O4S2. The van der Waals surface area contributed by atoms with Gasteiger partial charge in [-0.15, -0.1) is 16.4 Å². The molecule has 0 bridgehead atoms. The fraction of sp³-hybridized carbons (Fsp3) is 0.263. The highest BCUT2D eigenvalue weighted by Crippen LogP contribution is 2.27. The van der Waals surface area contributed by atoms with E-state index < -0.39 is 0 Å². The van der Waals surface area contributed by atoms with E-state index in [-0.39, 0.29) is 17.6 Å². The molecule has 1 amide bonds. The van der Waals surface area contributed by atoms with Gasteiger partial charge in [-0.3, -0.25) is 9.89 Å². The van der Waals surface area contributed by atoms with E-state index in [9.17, 15) is 9.59 Å². The van der Waals surface area contributed by atoms with Gasteiger partial charge in [0, 0.05) is 0 Å². The number of aromatic nitrogens is 3. The van der Waals surface area contributed by atoms with Crippen molar-refractivity contribution in [2.45, 2.75) is 25.9 Å². The van der Waals surface area contributed by atoms with Crippen LogP contribution in [0.15, 0.2) is 27.8 Å². The number of carbonyl (C=O) groups excluding carboxylic acids is 2. The molecule has 29 heavy (non-hydrogen) atoms. The van der Waals surface area contributed by atoms with Crippen LogP contribution in [0.25, 0.3) is 12.2 Å². The first-order valence-corrected chi connectivity index (χ1v) is 10.6. The molecule has 0 saturated heterocycles. The summed E-state index contributed by atoms with van der Waals surface area (Å²) in [5.74, 6) is 1.68. The highest BCUT2D eigenvalue weighted by molar-refractivity contribution is 7.99. The molecule has 0 aliphatic rings. The number of nitrogens with zero attached hydrogens (tertiary/aromatic N) is 2. The van der Waals surface area contributed by atoms with Gasteiger partial charge in [0.25, 0.3) is 0 Å². The Morgan fingerprint density at radius 2 is 2.17 bits per heavy atom. The Kier molecular flexibility index (Phi) is 6.89. The van der Waals surface area contributed by atoms with Gasteiger partial charge in [-0.1, -0.05) is 11.8 Å². The van der Waals surface area contributed by atoms with E-state index in [0.717, 1.165) is 17.1 Å². The third-order valence-corrected chi connectivity index (χ3v) is 5.60. The van der Waals surface area contributed by atoms with Crippen molar-refractivity contribution in [3.63, 3.8) is 0 Å². The van der Waals surface area contributed by atoms with Crippen molar-refractivity contribution >= 4 is 52.1 Å². The average Bonchev–Trinajstić information content (AvgIpc) is 3.39. The molecule has 0 radical (unpaired) electrons. The SMILES string of the molecule is CCOC(=O)c1sc(NC(=O)CSc2n[nH]c(/C=C/c3ccc(C)o3)n2)cc1C. The van der Waals surface area contributed by atoms with Gasteiger partial charge in [0.1, 0.15) is 22.2 Å². The van der Waals surface area contributed by atoms with Crippen LogP contribution in [-0.2, 0) is 9.53 Å². The molecule has 0 spiro atoms. The second-order valence-corrected chi connectivity index (χ2v) is 7.96. The number of hydrogen-bond acceptors (Lipinski definition) is 8. The molecule has 0 saturated carbocycles. The number of rotatable bonds is 8. The van der Waals surface area contributed by atoms with Crippen LogP contribution in [0, 0.1) is 13.8 Å². The lowest BCUT2D eigenvalue weighted by Crippen LogP contribution is -2.13. The lowest BCUT2D eigenvalue weighted by Gasteiger charge is -2.00. The van der Waals surface area contributed by atoms with Crippen LogP contribution in [-0.4, -0.2) is 39.4 Å². The molecule has 0 aliphatic carbocycles. The van der Waals surface area contributed by atoms with Gasteiger partial charge >= 0.3 is 5.97 Å². The number of nitrogens with one attached hydrogen (secondary N) is 2. The van der Waals surface area contributed by atoms with E-state index >= 15 is 0 Å². The zero-order chi connectivity index (χ0) is 20.8. The van der Waals surface area contributed by atoms with Crippen LogP contribution in [0.3, 0.4) is 0 Å². The number of ether oxygens (including phenoxy) is 1. The van der Waals surface area contributed by atoms with Crippen molar-refractivity contribution in [3.05, 3.63) is 46.0 Å². The maximum Gasteiger partial charge on any atom is 0.348 e. The summed E-state index contributed by atoms with van der Waals surface area (Å²) in [7, 11) is 0. The second kappa shape index (κ2) is 9.57. The Morgan fingerprint density at radius 1 is 1.34 bits per heavy atom. The Morgan fingerprint density at radius 3 is 2.90 bits per heavy atom. The van der Waals surface area contributed by atoms with E-state index in [4.69, 9.17) is 9.15 Å². The van der Waals surface area contributed by atoms with E-state index in [2.05, 4.69) is 20.5 Å². The van der Waals surface area contributed by atoms with Gasteiger partial charge in [-0.05, 0) is 56.7 Å². The Bertz CT molecular complexity index is 1030. The second-order valence-electron chi connectivity index (χ2n) is 5.97. The van der Waals surface area contributed by atoms with Crippen LogP contribution in [0.5, 0.6) is 0 Å². The first kappa shape index (κ1) is 20.9. The molecule has 0 aliphatic heterocycles. The predicted octanol–water partition coefficient (Wildman–Crippen LogP) is 4.15. The molecule has 0 atom stereocenters. The van der Waals surface area contributed by atoms with Crippen LogP contribution >= 0.6 is 23.1 Å². The normalized spacial score (nSPS) is 11.1. The third kappa shape index (κ3) is 5.81. The van der Waals surface area contributed by atoms with Crippen molar-refractivity contribution < 1.29 is 18.7 Å². The van der Waals surface area contributed by atoms with Gasteiger partial charge in [-0.25, -0.2) is 9.78 Å². The van der Waals surface area contributed by atoms with Crippen molar-refractivity contribution in [1.29, 1.82) is 0 Å². The van der Waals surface area contributed by atoms with Crippen molar-refractivity contribution in [2.24, 2.45) is 0 Å². The summed E-state index contributed by atoms with van der Waals surface area (Å²) < 4.78 is 10.5. The van der Waals surface area contributed by atoms with E-state index in [1.165, 1.54) is 23.1 Å². The summed E-state index contributed by atoms with van der Waals surface area (Å²) >= 11 is 2.41. The van der Waals surface area contributed by atoms with E-state index in [1.807, 2.05) is 19.1 Å². The van der Waals surface area contributed by atoms with Crippen LogP contribution in [0.2, 0.25) is 0 Å². The standard InChI is InChI=1S/C19H20N4O4S2/c1-4-26-18(25)17-11(2)9-16(29-17)21-15(24)10-28-19-20-14(22-23-19)8-7-13-6-5-12(3)27-13/h5-9H,4,10H2,1-3H3,(H,21,24)(H,20,22,23)/b8-7+. The summed E-state index contributed by atoms with van der Waals surface area (Å²) in [4.78, 5) is 28.8. The number of furan rings is 1. The summed E-state index contributed by atoms with van der Waals surface area (Å²) in [6, 6.07) is 5.50. The molecule has 8 nitrogen and oxygen atoms in total. The molecule has 2 N–H and O–H groups in total. The quantitative estimate of drug-likeness (QED) is 0.406. The number of esters is 1. The number of carbonyl (C=O) groups is 2. The number of thioether (sulfide) groups is 1. The van der Waals surface area contributed by atoms with E-state index in [0.29, 0.717) is 27.5 Å². The number of hydrogen-bond donors (Lipinski definition) is 2. The summed E-state index contributed by atoms with van der Waals surface area (Å²) in [6.45, 7) is 5.74. The molecule has 152 valence electrons. The molecule has 0 fully saturated rings. The average molecular weight is 433 g/mol. The molecular weight excluding hydrogens is 412 g/mol. The number of thiophene rings is 1. The minimum atomic E-state index is -0.379. The number of aryl methyl sites for hydroxylation is 2. The number of amides is 1. The number of anilines is 1. The highest BCUT2D eigenvalue weighted by Gasteiger charge is 2.16. The maximum absolute atomic E-state index is 12.2. The monoisotopic (exact) mass is 432 g/mol. The zero-order valence-electron chi connectivity index (χ0n) is 16.1. The fourth-order valence-electron chi connectivity index (χ4n) is 2.35. The summed E-state index contributed by atoms with van der Waals surface area (Å²) in [5, 5.41) is 10.7. The number of aromatic amines is 1. The van der Waals surface area contributed by atoms with Crippen molar-refractivity contribution in [3.8, 4) is 0 Å². The first-order valence-electron chi connectivity index (χ1n) is 8.81. The highest BCUT2D eigenvalue weighted by atomic mass is 32.2. The van der Waals surface area contributed by atoms with Gasteiger partial charge in [0.2, 0.25) is 11.1 Å². The van der Waals surface area contributed by atoms with Crippen LogP contribution < -0.4 is 5.32 Å². The minimum Gasteiger partial charge on any atom is -0.462 e. The molecule has 3 heterocycles. The molecule has 0 aromatic carbocycles. The Hall–Kier alpha value is -2.85. The lowest BCUT2D eigenvalue weighted by molar-refractivity contribution is -0.113. The lowest BCUT2D eigenvalue weighted by atomic mass is 10.3. The molecule has 3 rings (SSSR count). The van der Waals surface area contributed by atoms with Gasteiger partial charge in [0.15, 0.2) is 0 Å². The van der Waals surface area contributed by atoms with Gasteiger partial charge in [0.05, 0.1) is 17.4 Å². The number of H-pyrrole nitrogens is 1. The summed E-state index contributed by atoms with van der Waals surface area (Å²) in [6.07, 6.45) is 3.54. The van der Waals surface area contributed by atoms with Crippen molar-refractivity contribution in [1.82, 2.24) is 15.2 Å². The topological polar surface area (TPSA) is 110 Å². The van der Waals surface area contributed by atoms with Gasteiger partial charge < -0.3 is 14.5 Å². The first-order chi connectivity index (χ1) is 13.9. The predicted molar refractivity (Wildman–Crippen MR) is 113 cm³/mol. The maximum atomic E-state index is 12.2. The molecule has 3 aromatic heterocycles. The smallest absolute Gasteiger partial charge is 0.348 e. The van der Waals surface area contributed by atoms with E-state index in [1.54, 1.807) is 32.1 Å².